The number of hydrogen-bond acceptors (Lipinski definition) is 7. The molecule has 0 radical (unpaired) electrons. The van der Waals surface area contributed by atoms with Crippen molar-refractivity contribution in [1.82, 2.24) is 0 Å². The zero-order chi connectivity index (χ0) is 30.6. The van der Waals surface area contributed by atoms with E-state index in [2.05, 4.69) is 6.92 Å². The maximum atomic E-state index is 11.7. The lowest BCUT2D eigenvalue weighted by atomic mass is 9.97. The standard InChI is InChI=1S/C35H64O7/c1-3-4-5-6-7-8-9-14-17-20-31(37)32(38)22-23-33(39)34-24-21-30(42-34)19-16-13-11-10-12-15-18-29(36)26-28-25-27(2)41-35(28)40/h25,27,29-34,36-39H,3-24,26H2,1-2H3/t27-,29-,30-,31+,32-,33+,34+/m0/s1. The first-order valence-corrected chi connectivity index (χ1v) is 17.6. The van der Waals surface area contributed by atoms with Crippen LogP contribution in [-0.4, -0.2) is 69.1 Å². The van der Waals surface area contributed by atoms with E-state index in [1.807, 2.05) is 6.92 Å². The molecule has 246 valence electrons. The van der Waals surface area contributed by atoms with Gasteiger partial charge in [-0.25, -0.2) is 4.79 Å². The van der Waals surface area contributed by atoms with Crippen molar-refractivity contribution < 1.29 is 34.7 Å². The molecule has 1 fully saturated rings. The lowest BCUT2D eigenvalue weighted by Gasteiger charge is -2.22. The fourth-order valence-corrected chi connectivity index (χ4v) is 6.40. The molecule has 0 aliphatic carbocycles. The molecular weight excluding hydrogens is 532 g/mol. The van der Waals surface area contributed by atoms with Gasteiger partial charge < -0.3 is 29.9 Å². The van der Waals surface area contributed by atoms with E-state index in [-0.39, 0.29) is 24.3 Å². The van der Waals surface area contributed by atoms with E-state index in [1.165, 1.54) is 51.4 Å². The van der Waals surface area contributed by atoms with Gasteiger partial charge in [-0.1, -0.05) is 103 Å². The van der Waals surface area contributed by atoms with Gasteiger partial charge in [0, 0.05) is 12.0 Å². The normalized spacial score (nSPS) is 23.5. The SMILES string of the molecule is CCCCCCCCCCC[C@@H](O)[C@@H](O)CC[C@@H](O)[C@H]1CC[C@H](CCCCCCCC[C@H](O)CC2=C[C@H](C)OC2=O)O1. The molecule has 0 unspecified atom stereocenters. The topological polar surface area (TPSA) is 116 Å². The average molecular weight is 597 g/mol. The predicted octanol–water partition coefficient (Wildman–Crippen LogP) is 7.06. The molecule has 0 bridgehead atoms. The second kappa shape index (κ2) is 22.5. The molecule has 4 N–H and O–H groups in total. The van der Waals surface area contributed by atoms with Gasteiger partial charge in [-0.3, -0.25) is 0 Å². The average Bonchev–Trinajstić information content (AvgIpc) is 3.57. The molecular formula is C35H64O7. The number of carbonyl (C=O) groups excluding carboxylic acids is 1. The van der Waals surface area contributed by atoms with Gasteiger partial charge in [0.1, 0.15) is 6.10 Å². The summed E-state index contributed by atoms with van der Waals surface area (Å²) < 4.78 is 11.2. The second-order valence-corrected chi connectivity index (χ2v) is 13.1. The van der Waals surface area contributed by atoms with Crippen LogP contribution in [0.15, 0.2) is 11.6 Å². The largest absolute Gasteiger partial charge is 0.455 e. The summed E-state index contributed by atoms with van der Waals surface area (Å²) in [6.45, 7) is 4.07. The summed E-state index contributed by atoms with van der Waals surface area (Å²) >= 11 is 0. The van der Waals surface area contributed by atoms with Crippen molar-refractivity contribution in [2.75, 3.05) is 0 Å². The molecule has 0 saturated carbocycles. The summed E-state index contributed by atoms with van der Waals surface area (Å²) in [5.74, 6) is -0.290. The number of carbonyl (C=O) groups is 1. The van der Waals surface area contributed by atoms with Gasteiger partial charge in [0.2, 0.25) is 0 Å². The van der Waals surface area contributed by atoms with Gasteiger partial charge >= 0.3 is 5.97 Å². The van der Waals surface area contributed by atoms with Crippen LogP contribution in [0.3, 0.4) is 0 Å². The Morgan fingerprint density at radius 2 is 1.31 bits per heavy atom. The van der Waals surface area contributed by atoms with Crippen LogP contribution in [0.1, 0.15) is 162 Å². The minimum atomic E-state index is -0.776. The highest BCUT2D eigenvalue weighted by Gasteiger charge is 2.31. The number of cyclic esters (lactones) is 1. The number of unbranched alkanes of at least 4 members (excludes halogenated alkanes) is 13. The molecule has 0 aromatic rings. The zero-order valence-electron chi connectivity index (χ0n) is 26.9. The third kappa shape index (κ3) is 16.2. The molecule has 0 amide bonds. The third-order valence-electron chi connectivity index (χ3n) is 9.14. The number of rotatable bonds is 26. The molecule has 0 aromatic heterocycles. The van der Waals surface area contributed by atoms with E-state index in [9.17, 15) is 25.2 Å². The smallest absolute Gasteiger partial charge is 0.334 e. The zero-order valence-corrected chi connectivity index (χ0v) is 26.9. The van der Waals surface area contributed by atoms with Gasteiger partial charge in [0.05, 0.1) is 36.6 Å². The van der Waals surface area contributed by atoms with Gasteiger partial charge in [-0.15, -0.1) is 0 Å². The summed E-state index contributed by atoms with van der Waals surface area (Å²) in [7, 11) is 0. The lowest BCUT2D eigenvalue weighted by molar-refractivity contribution is -0.139. The van der Waals surface area contributed by atoms with Crippen molar-refractivity contribution in [3.63, 3.8) is 0 Å². The van der Waals surface area contributed by atoms with E-state index in [0.29, 0.717) is 37.7 Å². The molecule has 1 saturated heterocycles. The monoisotopic (exact) mass is 596 g/mol. The molecule has 7 atom stereocenters. The fourth-order valence-electron chi connectivity index (χ4n) is 6.40. The van der Waals surface area contributed by atoms with Crippen LogP contribution in [0.2, 0.25) is 0 Å². The molecule has 7 nitrogen and oxygen atoms in total. The molecule has 42 heavy (non-hydrogen) atoms. The van der Waals surface area contributed by atoms with Crippen molar-refractivity contribution in [2.45, 2.75) is 204 Å². The Balaban J connectivity index is 1.41. The Bertz CT molecular complexity index is 726. The maximum absolute atomic E-state index is 11.7. The van der Waals surface area contributed by atoms with Crippen LogP contribution in [-0.2, 0) is 14.3 Å². The summed E-state index contributed by atoms with van der Waals surface area (Å²) in [6.07, 6.45) is 22.4. The van der Waals surface area contributed by atoms with Gasteiger partial charge in [-0.2, -0.15) is 0 Å². The summed E-state index contributed by atoms with van der Waals surface area (Å²) in [5, 5.41) is 41.5. The fraction of sp³-hybridized carbons (Fsp3) is 0.914. The summed E-state index contributed by atoms with van der Waals surface area (Å²) in [4.78, 5) is 11.7. The van der Waals surface area contributed by atoms with Crippen molar-refractivity contribution >= 4 is 5.97 Å². The highest BCUT2D eigenvalue weighted by molar-refractivity contribution is 5.90. The van der Waals surface area contributed by atoms with Crippen LogP contribution in [0.5, 0.6) is 0 Å². The Kier molecular flexibility index (Phi) is 19.9. The Morgan fingerprint density at radius 1 is 0.738 bits per heavy atom. The number of esters is 1. The number of ether oxygens (including phenoxy) is 2. The molecule has 0 aromatic carbocycles. The van der Waals surface area contributed by atoms with Crippen LogP contribution in [0, 0.1) is 0 Å². The van der Waals surface area contributed by atoms with Crippen LogP contribution in [0.25, 0.3) is 0 Å². The van der Waals surface area contributed by atoms with Gasteiger partial charge in [0.25, 0.3) is 0 Å². The summed E-state index contributed by atoms with van der Waals surface area (Å²) in [5.41, 5.74) is 0.606. The summed E-state index contributed by atoms with van der Waals surface area (Å²) in [6, 6.07) is 0. The quantitative estimate of drug-likeness (QED) is 0.0624. The van der Waals surface area contributed by atoms with Crippen LogP contribution >= 0.6 is 0 Å². The predicted molar refractivity (Wildman–Crippen MR) is 168 cm³/mol. The number of aliphatic hydroxyl groups excluding tert-OH is 4. The molecule has 0 spiro atoms. The Labute approximate surface area is 256 Å². The van der Waals surface area contributed by atoms with E-state index in [4.69, 9.17) is 9.47 Å². The Morgan fingerprint density at radius 3 is 1.93 bits per heavy atom. The van der Waals surface area contributed by atoms with Crippen molar-refractivity contribution in [1.29, 1.82) is 0 Å². The minimum absolute atomic E-state index is 0.159. The molecule has 2 aliphatic rings. The molecule has 7 heteroatoms. The van der Waals surface area contributed by atoms with E-state index < -0.39 is 24.4 Å². The van der Waals surface area contributed by atoms with Crippen molar-refractivity contribution in [3.8, 4) is 0 Å². The van der Waals surface area contributed by atoms with E-state index in [0.717, 1.165) is 64.2 Å². The highest BCUT2D eigenvalue weighted by Crippen LogP contribution is 2.28. The lowest BCUT2D eigenvalue weighted by Crippen LogP contribution is -2.31. The minimum Gasteiger partial charge on any atom is -0.455 e. The maximum Gasteiger partial charge on any atom is 0.334 e. The first kappa shape index (κ1) is 37.2. The van der Waals surface area contributed by atoms with Crippen LogP contribution < -0.4 is 0 Å². The van der Waals surface area contributed by atoms with Crippen molar-refractivity contribution in [3.05, 3.63) is 11.6 Å². The molecule has 2 rings (SSSR count). The third-order valence-corrected chi connectivity index (χ3v) is 9.14. The van der Waals surface area contributed by atoms with Gasteiger partial charge in [0.15, 0.2) is 0 Å². The Hall–Kier alpha value is -0.990. The molecule has 2 heterocycles. The number of hydrogen-bond donors (Lipinski definition) is 4. The van der Waals surface area contributed by atoms with Crippen LogP contribution in [0.4, 0.5) is 0 Å². The van der Waals surface area contributed by atoms with E-state index >= 15 is 0 Å². The van der Waals surface area contributed by atoms with Crippen molar-refractivity contribution in [2.24, 2.45) is 0 Å². The first-order valence-electron chi connectivity index (χ1n) is 17.6. The van der Waals surface area contributed by atoms with E-state index in [1.54, 1.807) is 6.08 Å². The highest BCUT2D eigenvalue weighted by atomic mass is 16.5. The van der Waals surface area contributed by atoms with Gasteiger partial charge in [-0.05, 0) is 57.9 Å². The number of aliphatic hydroxyl groups is 4. The molecule has 2 aliphatic heterocycles. The first-order chi connectivity index (χ1) is 20.3. The second-order valence-electron chi connectivity index (χ2n) is 13.1.